The molecule has 0 atom stereocenters. The highest BCUT2D eigenvalue weighted by molar-refractivity contribution is 8.14. The van der Waals surface area contributed by atoms with Crippen molar-refractivity contribution in [1.82, 2.24) is 4.98 Å². The second-order valence-electron chi connectivity index (χ2n) is 5.58. The summed E-state index contributed by atoms with van der Waals surface area (Å²) >= 11 is 0.981. The molecule has 3 aromatic rings. The number of hydrogen-bond donors (Lipinski definition) is 0. The number of pyridine rings is 1. The standard InChI is InChI=1S/C21H15NO5S/c1-14(23)26-19-7-3-2-6-18(19)21(25)28-17-10-8-16(9-11-17)27-20(24)15-5-4-12-22-13-15/h2-13H,1H3. The average Bonchev–Trinajstić information content (AvgIpc) is 2.70. The Kier molecular flexibility index (Phi) is 6.18. The number of rotatable bonds is 5. The molecule has 0 aliphatic carbocycles. The van der Waals surface area contributed by atoms with E-state index in [0.29, 0.717) is 21.8 Å². The Morgan fingerprint density at radius 2 is 1.64 bits per heavy atom. The molecule has 0 aliphatic rings. The van der Waals surface area contributed by atoms with Crippen molar-refractivity contribution in [3.8, 4) is 11.5 Å². The van der Waals surface area contributed by atoms with Gasteiger partial charge in [-0.25, -0.2) is 4.79 Å². The van der Waals surface area contributed by atoms with E-state index in [-0.39, 0.29) is 10.9 Å². The van der Waals surface area contributed by atoms with E-state index in [1.54, 1.807) is 66.9 Å². The number of carbonyl (C=O) groups excluding carboxylic acids is 3. The quantitative estimate of drug-likeness (QED) is 0.366. The summed E-state index contributed by atoms with van der Waals surface area (Å²) in [6, 6.07) is 16.3. The summed E-state index contributed by atoms with van der Waals surface area (Å²) in [5.74, 6) is -0.439. The molecule has 0 unspecified atom stereocenters. The van der Waals surface area contributed by atoms with Gasteiger partial charge in [0.05, 0.1) is 11.1 Å². The fraction of sp³-hybridized carbons (Fsp3) is 0.0476. The molecule has 1 aromatic heterocycles. The first-order chi connectivity index (χ1) is 13.5. The molecule has 0 saturated carbocycles. The summed E-state index contributed by atoms with van der Waals surface area (Å²) in [7, 11) is 0. The van der Waals surface area contributed by atoms with E-state index < -0.39 is 11.9 Å². The van der Waals surface area contributed by atoms with Crippen molar-refractivity contribution < 1.29 is 23.9 Å². The van der Waals surface area contributed by atoms with Crippen LogP contribution in [0.4, 0.5) is 0 Å². The van der Waals surface area contributed by atoms with Crippen LogP contribution in [0.5, 0.6) is 11.5 Å². The van der Waals surface area contributed by atoms with Crippen LogP contribution in [0.1, 0.15) is 27.6 Å². The van der Waals surface area contributed by atoms with Gasteiger partial charge in [0.15, 0.2) is 0 Å². The Morgan fingerprint density at radius 3 is 2.32 bits per heavy atom. The Hall–Kier alpha value is -3.45. The van der Waals surface area contributed by atoms with Gasteiger partial charge in [-0.05, 0) is 60.3 Å². The number of esters is 2. The van der Waals surface area contributed by atoms with Crippen LogP contribution in [0.15, 0.2) is 78.0 Å². The van der Waals surface area contributed by atoms with Gasteiger partial charge in [0, 0.05) is 24.2 Å². The van der Waals surface area contributed by atoms with E-state index in [1.165, 1.54) is 13.1 Å². The zero-order chi connectivity index (χ0) is 19.9. The fourth-order valence-corrected chi connectivity index (χ4v) is 3.03. The molecule has 28 heavy (non-hydrogen) atoms. The van der Waals surface area contributed by atoms with Gasteiger partial charge in [0.25, 0.3) is 0 Å². The number of ether oxygens (including phenoxy) is 2. The first-order valence-electron chi connectivity index (χ1n) is 8.25. The van der Waals surface area contributed by atoms with Crippen LogP contribution in [0.3, 0.4) is 0 Å². The SMILES string of the molecule is CC(=O)Oc1ccccc1C(=O)Sc1ccc(OC(=O)c2cccnc2)cc1. The van der Waals surface area contributed by atoms with Crippen molar-refractivity contribution >= 4 is 28.8 Å². The van der Waals surface area contributed by atoms with Crippen LogP contribution in [0.2, 0.25) is 0 Å². The second-order valence-corrected chi connectivity index (χ2v) is 6.63. The molecule has 0 spiro atoms. The fourth-order valence-electron chi connectivity index (χ4n) is 2.27. The molecular weight excluding hydrogens is 378 g/mol. The van der Waals surface area contributed by atoms with Crippen LogP contribution >= 0.6 is 11.8 Å². The maximum Gasteiger partial charge on any atom is 0.345 e. The molecular formula is C21H15NO5S. The molecule has 1 heterocycles. The zero-order valence-corrected chi connectivity index (χ0v) is 15.6. The van der Waals surface area contributed by atoms with Crippen molar-refractivity contribution in [1.29, 1.82) is 0 Å². The Balaban J connectivity index is 1.67. The summed E-state index contributed by atoms with van der Waals surface area (Å²) in [5.41, 5.74) is 0.646. The van der Waals surface area contributed by atoms with Crippen LogP contribution in [0.25, 0.3) is 0 Å². The maximum atomic E-state index is 12.5. The lowest BCUT2D eigenvalue weighted by atomic mass is 10.2. The van der Waals surface area contributed by atoms with Gasteiger partial charge in [-0.2, -0.15) is 0 Å². The zero-order valence-electron chi connectivity index (χ0n) is 14.8. The van der Waals surface area contributed by atoms with E-state index in [1.807, 2.05) is 0 Å². The van der Waals surface area contributed by atoms with Crippen LogP contribution in [0, 0.1) is 0 Å². The van der Waals surface area contributed by atoms with Crippen molar-refractivity contribution in [2.75, 3.05) is 0 Å². The normalized spacial score (nSPS) is 10.2. The minimum Gasteiger partial charge on any atom is -0.426 e. The molecule has 2 aromatic carbocycles. The number of hydrogen-bond acceptors (Lipinski definition) is 7. The number of benzene rings is 2. The Morgan fingerprint density at radius 1 is 0.893 bits per heavy atom. The van der Waals surface area contributed by atoms with Gasteiger partial charge >= 0.3 is 11.9 Å². The molecule has 0 radical (unpaired) electrons. The lowest BCUT2D eigenvalue weighted by molar-refractivity contribution is -0.131. The number of thioether (sulfide) groups is 1. The van der Waals surface area contributed by atoms with Crippen LogP contribution in [-0.2, 0) is 4.79 Å². The van der Waals surface area contributed by atoms with E-state index in [2.05, 4.69) is 4.98 Å². The predicted octanol–water partition coefficient (Wildman–Crippen LogP) is 4.16. The second kappa shape index (κ2) is 8.96. The molecule has 0 saturated heterocycles. The molecule has 0 fully saturated rings. The molecule has 3 rings (SSSR count). The number of nitrogens with zero attached hydrogens (tertiary/aromatic N) is 1. The lowest BCUT2D eigenvalue weighted by Gasteiger charge is -2.08. The molecule has 7 heteroatoms. The van der Waals surface area contributed by atoms with E-state index in [4.69, 9.17) is 9.47 Å². The third kappa shape index (κ3) is 5.05. The highest BCUT2D eigenvalue weighted by atomic mass is 32.2. The molecule has 0 aliphatic heterocycles. The molecule has 0 bridgehead atoms. The third-order valence-corrected chi connectivity index (χ3v) is 4.42. The average molecular weight is 393 g/mol. The van der Waals surface area contributed by atoms with Gasteiger partial charge in [0.1, 0.15) is 11.5 Å². The summed E-state index contributed by atoms with van der Waals surface area (Å²) < 4.78 is 10.4. The van der Waals surface area contributed by atoms with Crippen LogP contribution in [-0.4, -0.2) is 22.0 Å². The molecule has 140 valence electrons. The first kappa shape index (κ1) is 19.3. The van der Waals surface area contributed by atoms with Crippen molar-refractivity contribution in [2.24, 2.45) is 0 Å². The van der Waals surface area contributed by atoms with Crippen LogP contribution < -0.4 is 9.47 Å². The third-order valence-electron chi connectivity index (χ3n) is 3.50. The summed E-state index contributed by atoms with van der Waals surface area (Å²) in [6.07, 6.45) is 2.99. The van der Waals surface area contributed by atoms with Crippen molar-refractivity contribution in [2.45, 2.75) is 11.8 Å². The number of aromatic nitrogens is 1. The van der Waals surface area contributed by atoms with Crippen molar-refractivity contribution in [3.05, 3.63) is 84.2 Å². The molecule has 0 N–H and O–H groups in total. The van der Waals surface area contributed by atoms with E-state index in [9.17, 15) is 14.4 Å². The van der Waals surface area contributed by atoms with Gasteiger partial charge in [-0.15, -0.1) is 0 Å². The summed E-state index contributed by atoms with van der Waals surface area (Å²) in [4.78, 5) is 40.3. The molecule has 0 amide bonds. The monoisotopic (exact) mass is 393 g/mol. The molecule has 6 nitrogen and oxygen atoms in total. The minimum atomic E-state index is -0.514. The largest absolute Gasteiger partial charge is 0.426 e. The van der Waals surface area contributed by atoms with E-state index in [0.717, 1.165) is 11.8 Å². The lowest BCUT2D eigenvalue weighted by Crippen LogP contribution is -2.08. The Labute approximate surface area is 165 Å². The van der Waals surface area contributed by atoms with Gasteiger partial charge in [-0.1, -0.05) is 12.1 Å². The number of carbonyl (C=O) groups is 3. The van der Waals surface area contributed by atoms with Gasteiger partial charge in [0.2, 0.25) is 5.12 Å². The predicted molar refractivity (Wildman–Crippen MR) is 104 cm³/mol. The maximum absolute atomic E-state index is 12.5. The summed E-state index contributed by atoms with van der Waals surface area (Å²) in [6.45, 7) is 1.28. The first-order valence-corrected chi connectivity index (χ1v) is 9.06. The minimum absolute atomic E-state index is 0.217. The van der Waals surface area contributed by atoms with Crippen molar-refractivity contribution in [3.63, 3.8) is 0 Å². The summed E-state index contributed by atoms with van der Waals surface area (Å²) in [5, 5.41) is -0.267. The van der Waals surface area contributed by atoms with Gasteiger partial charge in [-0.3, -0.25) is 14.6 Å². The topological polar surface area (TPSA) is 82.6 Å². The smallest absolute Gasteiger partial charge is 0.345 e. The van der Waals surface area contributed by atoms with Gasteiger partial charge < -0.3 is 9.47 Å². The number of para-hydroxylation sites is 1. The highest BCUT2D eigenvalue weighted by Crippen LogP contribution is 2.29. The Bertz CT molecular complexity index is 1000. The highest BCUT2D eigenvalue weighted by Gasteiger charge is 2.15. The van der Waals surface area contributed by atoms with E-state index >= 15 is 0 Å².